The maximum Gasteiger partial charge on any atom is 0.236 e. The third-order valence-corrected chi connectivity index (χ3v) is 4.64. The molecule has 22 heavy (non-hydrogen) atoms. The van der Waals surface area contributed by atoms with Gasteiger partial charge in [-0.3, -0.25) is 9.69 Å². The summed E-state index contributed by atoms with van der Waals surface area (Å²) in [5.74, 6) is 1.02. The number of likely N-dealkylation sites (tertiary alicyclic amines) is 1. The lowest BCUT2D eigenvalue weighted by atomic mass is 9.93. The number of halogens is 1. The van der Waals surface area contributed by atoms with Crippen LogP contribution in [-0.2, 0) is 9.53 Å². The van der Waals surface area contributed by atoms with Gasteiger partial charge in [0, 0.05) is 26.2 Å². The van der Waals surface area contributed by atoms with Crippen molar-refractivity contribution in [1.82, 2.24) is 15.1 Å². The van der Waals surface area contributed by atoms with Gasteiger partial charge in [-0.15, -0.1) is 12.4 Å². The molecule has 130 valence electrons. The van der Waals surface area contributed by atoms with Crippen molar-refractivity contribution in [2.24, 2.45) is 5.92 Å². The van der Waals surface area contributed by atoms with Crippen LogP contribution in [0.3, 0.4) is 0 Å². The summed E-state index contributed by atoms with van der Waals surface area (Å²) in [5.41, 5.74) is 0. The molecule has 0 saturated carbocycles. The molecular weight excluding hydrogens is 302 g/mol. The number of piperidine rings is 1. The van der Waals surface area contributed by atoms with Gasteiger partial charge in [0.25, 0.3) is 0 Å². The fourth-order valence-electron chi connectivity index (χ4n) is 3.57. The van der Waals surface area contributed by atoms with Gasteiger partial charge in [0.1, 0.15) is 0 Å². The van der Waals surface area contributed by atoms with Crippen LogP contribution < -0.4 is 5.32 Å². The molecule has 2 rings (SSSR count). The minimum atomic E-state index is 0. The predicted octanol–water partition coefficient (Wildman–Crippen LogP) is 1.37. The van der Waals surface area contributed by atoms with Crippen molar-refractivity contribution in [2.45, 2.75) is 45.3 Å². The SMILES string of the molecule is CNCC(=O)N1CCC(CCN2CC(C)OC(C)C2)CC1.Cl. The summed E-state index contributed by atoms with van der Waals surface area (Å²) < 4.78 is 5.78. The maximum absolute atomic E-state index is 11.8. The molecule has 1 amide bonds. The van der Waals surface area contributed by atoms with Crippen LogP contribution in [0.5, 0.6) is 0 Å². The Balaban J connectivity index is 0.00000242. The number of hydrogen-bond donors (Lipinski definition) is 1. The Bertz CT molecular complexity index is 325. The second kappa shape index (κ2) is 9.71. The van der Waals surface area contributed by atoms with Crippen LogP contribution in [0, 0.1) is 5.92 Å². The fraction of sp³-hybridized carbons (Fsp3) is 0.938. The molecule has 0 aromatic rings. The van der Waals surface area contributed by atoms with E-state index in [2.05, 4.69) is 24.1 Å². The number of rotatable bonds is 5. The van der Waals surface area contributed by atoms with Gasteiger partial charge in [-0.25, -0.2) is 0 Å². The Morgan fingerprint density at radius 2 is 1.77 bits per heavy atom. The van der Waals surface area contributed by atoms with E-state index in [1.165, 1.54) is 13.0 Å². The van der Waals surface area contributed by atoms with Crippen LogP contribution in [0.1, 0.15) is 33.1 Å². The Hall–Kier alpha value is -0.360. The summed E-state index contributed by atoms with van der Waals surface area (Å²) in [7, 11) is 1.83. The topological polar surface area (TPSA) is 44.8 Å². The van der Waals surface area contributed by atoms with Gasteiger partial charge in [-0.1, -0.05) is 0 Å². The van der Waals surface area contributed by atoms with E-state index in [0.717, 1.165) is 44.9 Å². The summed E-state index contributed by atoms with van der Waals surface area (Å²) in [5, 5.41) is 2.94. The first-order valence-corrected chi connectivity index (χ1v) is 8.38. The van der Waals surface area contributed by atoms with E-state index in [-0.39, 0.29) is 18.3 Å². The van der Waals surface area contributed by atoms with Gasteiger partial charge < -0.3 is 15.0 Å². The molecule has 2 aliphatic rings. The van der Waals surface area contributed by atoms with Crippen molar-refractivity contribution in [2.75, 3.05) is 46.3 Å². The Kier molecular flexibility index (Phi) is 8.69. The lowest BCUT2D eigenvalue weighted by Crippen LogP contribution is -2.46. The monoisotopic (exact) mass is 333 g/mol. The quantitative estimate of drug-likeness (QED) is 0.825. The molecule has 0 bridgehead atoms. The number of likely N-dealkylation sites (N-methyl/N-ethyl adjacent to an activating group) is 1. The zero-order chi connectivity index (χ0) is 15.2. The molecule has 0 aromatic carbocycles. The lowest BCUT2D eigenvalue weighted by Gasteiger charge is -2.37. The smallest absolute Gasteiger partial charge is 0.236 e. The number of hydrogen-bond acceptors (Lipinski definition) is 4. The maximum atomic E-state index is 11.8. The van der Waals surface area contributed by atoms with E-state index in [1.54, 1.807) is 0 Å². The third kappa shape index (κ3) is 6.03. The standard InChI is InChI=1S/C16H31N3O2.ClH/c1-13-11-18(12-14(2)21-13)7-4-15-5-8-19(9-6-15)16(20)10-17-3;/h13-15,17H,4-12H2,1-3H3;1H. The van der Waals surface area contributed by atoms with Crippen LogP contribution in [0.25, 0.3) is 0 Å². The minimum Gasteiger partial charge on any atom is -0.373 e. The van der Waals surface area contributed by atoms with E-state index in [1.807, 2.05) is 11.9 Å². The second-order valence-electron chi connectivity index (χ2n) is 6.66. The van der Waals surface area contributed by atoms with E-state index in [0.29, 0.717) is 18.8 Å². The summed E-state index contributed by atoms with van der Waals surface area (Å²) in [6.45, 7) is 9.94. The normalized spacial score (nSPS) is 27.5. The molecule has 2 fully saturated rings. The molecule has 5 nitrogen and oxygen atoms in total. The number of amides is 1. The number of nitrogens with zero attached hydrogens (tertiary/aromatic N) is 2. The molecular formula is C16H32ClN3O2. The number of carbonyl (C=O) groups excluding carboxylic acids is 1. The van der Waals surface area contributed by atoms with Gasteiger partial charge in [0.05, 0.1) is 18.8 Å². The van der Waals surface area contributed by atoms with Crippen molar-refractivity contribution in [3.63, 3.8) is 0 Å². The van der Waals surface area contributed by atoms with Crippen molar-refractivity contribution in [1.29, 1.82) is 0 Å². The first-order valence-electron chi connectivity index (χ1n) is 8.38. The van der Waals surface area contributed by atoms with E-state index in [4.69, 9.17) is 4.74 Å². The predicted molar refractivity (Wildman–Crippen MR) is 91.5 cm³/mol. The number of ether oxygens (including phenoxy) is 1. The Morgan fingerprint density at radius 3 is 2.32 bits per heavy atom. The largest absolute Gasteiger partial charge is 0.373 e. The van der Waals surface area contributed by atoms with Gasteiger partial charge >= 0.3 is 0 Å². The van der Waals surface area contributed by atoms with E-state index < -0.39 is 0 Å². The summed E-state index contributed by atoms with van der Waals surface area (Å²) in [6, 6.07) is 0. The van der Waals surface area contributed by atoms with E-state index >= 15 is 0 Å². The van der Waals surface area contributed by atoms with Gasteiger partial charge in [0.2, 0.25) is 5.91 Å². The highest BCUT2D eigenvalue weighted by Gasteiger charge is 2.25. The molecule has 2 saturated heterocycles. The Morgan fingerprint density at radius 1 is 1.18 bits per heavy atom. The molecule has 2 unspecified atom stereocenters. The highest BCUT2D eigenvalue weighted by molar-refractivity contribution is 5.85. The third-order valence-electron chi connectivity index (χ3n) is 4.64. The highest BCUT2D eigenvalue weighted by atomic mass is 35.5. The second-order valence-corrected chi connectivity index (χ2v) is 6.66. The molecule has 6 heteroatoms. The van der Waals surface area contributed by atoms with Gasteiger partial charge in [-0.2, -0.15) is 0 Å². The number of nitrogens with one attached hydrogen (secondary N) is 1. The van der Waals surface area contributed by atoms with Crippen LogP contribution in [0.4, 0.5) is 0 Å². The minimum absolute atomic E-state index is 0. The average molecular weight is 334 g/mol. The van der Waals surface area contributed by atoms with Crippen LogP contribution in [-0.4, -0.2) is 74.2 Å². The molecule has 0 aliphatic carbocycles. The molecule has 0 radical (unpaired) electrons. The van der Waals surface area contributed by atoms with E-state index in [9.17, 15) is 4.79 Å². The van der Waals surface area contributed by atoms with Crippen LogP contribution in [0.2, 0.25) is 0 Å². The van der Waals surface area contributed by atoms with Crippen molar-refractivity contribution < 1.29 is 9.53 Å². The first kappa shape index (κ1) is 19.7. The number of morpholine rings is 1. The molecule has 1 N–H and O–H groups in total. The summed E-state index contributed by atoms with van der Waals surface area (Å²) >= 11 is 0. The molecule has 2 heterocycles. The number of carbonyl (C=O) groups is 1. The van der Waals surface area contributed by atoms with Gasteiger partial charge in [-0.05, 0) is 52.6 Å². The fourth-order valence-corrected chi connectivity index (χ4v) is 3.57. The summed E-state index contributed by atoms with van der Waals surface area (Å²) in [6.07, 6.45) is 4.29. The van der Waals surface area contributed by atoms with Crippen LogP contribution >= 0.6 is 12.4 Å². The van der Waals surface area contributed by atoms with Crippen molar-refractivity contribution in [3.8, 4) is 0 Å². The first-order chi connectivity index (χ1) is 10.1. The molecule has 0 spiro atoms. The van der Waals surface area contributed by atoms with Crippen molar-refractivity contribution >= 4 is 18.3 Å². The molecule has 2 atom stereocenters. The average Bonchev–Trinajstić information content (AvgIpc) is 2.45. The van der Waals surface area contributed by atoms with Gasteiger partial charge in [0.15, 0.2) is 0 Å². The molecule has 2 aliphatic heterocycles. The summed E-state index contributed by atoms with van der Waals surface area (Å²) in [4.78, 5) is 16.4. The Labute approximate surface area is 141 Å². The van der Waals surface area contributed by atoms with Crippen molar-refractivity contribution in [3.05, 3.63) is 0 Å². The zero-order valence-electron chi connectivity index (χ0n) is 14.2. The van der Waals surface area contributed by atoms with Crippen LogP contribution in [0.15, 0.2) is 0 Å². The molecule has 0 aromatic heterocycles. The zero-order valence-corrected chi connectivity index (χ0v) is 15.0. The lowest BCUT2D eigenvalue weighted by molar-refractivity contribution is -0.131. The highest BCUT2D eigenvalue weighted by Crippen LogP contribution is 2.22.